The van der Waals surface area contributed by atoms with E-state index in [4.69, 9.17) is 9.57 Å². The molecule has 0 saturated heterocycles. The summed E-state index contributed by atoms with van der Waals surface area (Å²) in [5.41, 5.74) is 1.12. The summed E-state index contributed by atoms with van der Waals surface area (Å²) < 4.78 is 16.8. The van der Waals surface area contributed by atoms with Crippen molar-refractivity contribution in [3.63, 3.8) is 0 Å². The third-order valence-electron chi connectivity index (χ3n) is 3.21. The predicted molar refractivity (Wildman–Crippen MR) is 89.0 cm³/mol. The molecule has 0 aromatic heterocycles. The molecular weight excluding hydrogens is 301 g/mol. The molecule has 0 fully saturated rings. The fourth-order valence-electron chi connectivity index (χ4n) is 1.97. The Bertz CT molecular complexity index is 509. The van der Waals surface area contributed by atoms with E-state index in [9.17, 15) is 9.36 Å². The Morgan fingerprint density at radius 2 is 1.86 bits per heavy atom. The number of nitrogens with zero attached hydrogens (tertiary/aromatic N) is 1. The molecule has 0 saturated carbocycles. The van der Waals surface area contributed by atoms with Gasteiger partial charge in [-0.15, -0.1) is 0 Å². The van der Waals surface area contributed by atoms with E-state index in [0.29, 0.717) is 32.2 Å². The molecule has 22 heavy (non-hydrogen) atoms. The van der Waals surface area contributed by atoms with Crippen molar-refractivity contribution >= 4 is 13.0 Å². The Balaban J connectivity index is 2.37. The fourth-order valence-corrected chi connectivity index (χ4v) is 2.88. The van der Waals surface area contributed by atoms with E-state index in [0.717, 1.165) is 11.3 Å². The molecule has 0 bridgehead atoms. The average molecular weight is 327 g/mol. The monoisotopic (exact) mass is 327 g/mol. The lowest BCUT2D eigenvalue weighted by Crippen LogP contribution is -2.31. The standard InChI is InChI=1S/C16H26NO4P/c1-14(18)17(11-5-13-22(3,4)19)21-12-10-15-6-8-16(20-2)9-7-15/h6-9H,5,10-13H2,1-4H3. The zero-order valence-electron chi connectivity index (χ0n) is 13.9. The van der Waals surface area contributed by atoms with Crippen LogP contribution in [0.15, 0.2) is 24.3 Å². The van der Waals surface area contributed by atoms with E-state index in [1.165, 1.54) is 12.0 Å². The van der Waals surface area contributed by atoms with Crippen LogP contribution in [0.25, 0.3) is 0 Å². The molecule has 1 aromatic carbocycles. The predicted octanol–water partition coefficient (Wildman–Crippen LogP) is 3.03. The lowest BCUT2D eigenvalue weighted by Gasteiger charge is -2.20. The van der Waals surface area contributed by atoms with Crippen LogP contribution in [-0.4, -0.2) is 50.7 Å². The van der Waals surface area contributed by atoms with Gasteiger partial charge in [0.15, 0.2) is 0 Å². The second-order valence-electron chi connectivity index (χ2n) is 5.70. The first-order valence-corrected chi connectivity index (χ1v) is 10.2. The highest BCUT2D eigenvalue weighted by Gasteiger charge is 2.12. The number of amides is 1. The summed E-state index contributed by atoms with van der Waals surface area (Å²) >= 11 is 0. The normalized spacial score (nSPS) is 11.3. The van der Waals surface area contributed by atoms with Crippen molar-refractivity contribution in [1.29, 1.82) is 0 Å². The summed E-state index contributed by atoms with van der Waals surface area (Å²) in [5, 5.41) is 1.36. The first-order chi connectivity index (χ1) is 10.3. The lowest BCUT2D eigenvalue weighted by atomic mass is 10.1. The van der Waals surface area contributed by atoms with Gasteiger partial charge in [-0.05, 0) is 43.9 Å². The van der Waals surface area contributed by atoms with Crippen molar-refractivity contribution in [2.24, 2.45) is 0 Å². The van der Waals surface area contributed by atoms with E-state index in [2.05, 4.69) is 0 Å². The SMILES string of the molecule is COc1ccc(CCON(CCCP(C)(C)=O)C(C)=O)cc1. The van der Waals surface area contributed by atoms with Crippen molar-refractivity contribution in [2.45, 2.75) is 19.8 Å². The van der Waals surface area contributed by atoms with Crippen LogP contribution in [0.3, 0.4) is 0 Å². The van der Waals surface area contributed by atoms with Crippen LogP contribution in [-0.2, 0) is 20.6 Å². The van der Waals surface area contributed by atoms with Crippen molar-refractivity contribution in [3.05, 3.63) is 29.8 Å². The van der Waals surface area contributed by atoms with Gasteiger partial charge >= 0.3 is 0 Å². The van der Waals surface area contributed by atoms with Crippen molar-refractivity contribution in [3.8, 4) is 5.75 Å². The first kappa shape index (κ1) is 18.7. The molecular formula is C16H26NO4P. The largest absolute Gasteiger partial charge is 0.497 e. The minimum Gasteiger partial charge on any atom is -0.497 e. The highest BCUT2D eigenvalue weighted by atomic mass is 31.2. The Morgan fingerprint density at radius 3 is 2.36 bits per heavy atom. The molecule has 1 rings (SSSR count). The zero-order chi connectivity index (χ0) is 16.6. The van der Waals surface area contributed by atoms with E-state index >= 15 is 0 Å². The van der Waals surface area contributed by atoms with Gasteiger partial charge in [0.1, 0.15) is 5.75 Å². The summed E-state index contributed by atoms with van der Waals surface area (Å²) in [6.07, 6.45) is 2.03. The summed E-state index contributed by atoms with van der Waals surface area (Å²) in [5.74, 6) is 0.690. The molecule has 5 nitrogen and oxygen atoms in total. The van der Waals surface area contributed by atoms with Gasteiger partial charge in [-0.1, -0.05) is 12.1 Å². The molecule has 124 valence electrons. The quantitative estimate of drug-likeness (QED) is 0.517. The highest BCUT2D eigenvalue weighted by Crippen LogP contribution is 2.36. The number of carbonyl (C=O) groups is 1. The van der Waals surface area contributed by atoms with Gasteiger partial charge in [0, 0.05) is 19.6 Å². The number of methoxy groups -OCH3 is 1. The molecule has 0 aliphatic rings. The van der Waals surface area contributed by atoms with E-state index in [1.807, 2.05) is 24.3 Å². The molecule has 1 aromatic rings. The molecule has 0 radical (unpaired) electrons. The van der Waals surface area contributed by atoms with E-state index in [1.54, 1.807) is 20.4 Å². The third-order valence-corrected chi connectivity index (χ3v) is 4.60. The molecule has 1 amide bonds. The maximum Gasteiger partial charge on any atom is 0.242 e. The number of carbonyl (C=O) groups excluding carboxylic acids is 1. The Labute approximate surface area is 132 Å². The maximum absolute atomic E-state index is 11.7. The second kappa shape index (κ2) is 8.96. The van der Waals surface area contributed by atoms with Gasteiger partial charge in [0.05, 0.1) is 20.9 Å². The highest BCUT2D eigenvalue weighted by molar-refractivity contribution is 7.62. The van der Waals surface area contributed by atoms with Crippen molar-refractivity contribution in [1.82, 2.24) is 5.06 Å². The summed E-state index contributed by atoms with van der Waals surface area (Å²) in [6.45, 7) is 5.90. The average Bonchev–Trinajstić information content (AvgIpc) is 2.45. The minimum absolute atomic E-state index is 0.128. The lowest BCUT2D eigenvalue weighted by molar-refractivity contribution is -0.183. The number of ether oxygens (including phenoxy) is 1. The molecule has 0 heterocycles. The van der Waals surface area contributed by atoms with Gasteiger partial charge in [-0.3, -0.25) is 9.63 Å². The van der Waals surface area contributed by atoms with Gasteiger partial charge in [0.2, 0.25) is 5.91 Å². The fraction of sp³-hybridized carbons (Fsp3) is 0.562. The van der Waals surface area contributed by atoms with Crippen LogP contribution >= 0.6 is 7.14 Å². The van der Waals surface area contributed by atoms with E-state index in [-0.39, 0.29) is 5.91 Å². The molecule has 0 unspecified atom stereocenters. The van der Waals surface area contributed by atoms with Crippen LogP contribution < -0.4 is 4.74 Å². The number of hydrogen-bond acceptors (Lipinski definition) is 4. The molecule has 6 heteroatoms. The van der Waals surface area contributed by atoms with Crippen molar-refractivity contribution < 1.29 is 18.9 Å². The second-order valence-corrected chi connectivity index (χ2v) is 9.30. The molecule has 0 N–H and O–H groups in total. The molecule has 0 aliphatic heterocycles. The van der Waals surface area contributed by atoms with Crippen LogP contribution in [0.4, 0.5) is 0 Å². The van der Waals surface area contributed by atoms with Gasteiger partial charge < -0.3 is 9.30 Å². The molecule has 0 spiro atoms. The minimum atomic E-state index is -2.04. The van der Waals surface area contributed by atoms with Gasteiger partial charge in [-0.25, -0.2) is 5.06 Å². The summed E-state index contributed by atoms with van der Waals surface area (Å²) in [6, 6.07) is 7.76. The number of hydroxylamine groups is 2. The van der Waals surface area contributed by atoms with Crippen LogP contribution in [0.1, 0.15) is 18.9 Å². The van der Waals surface area contributed by atoms with Crippen LogP contribution in [0.2, 0.25) is 0 Å². The number of benzene rings is 1. The van der Waals surface area contributed by atoms with Gasteiger partial charge in [0.25, 0.3) is 0 Å². The van der Waals surface area contributed by atoms with Crippen molar-refractivity contribution in [2.75, 3.05) is 39.8 Å². The Hall–Kier alpha value is -1.32. The van der Waals surface area contributed by atoms with Gasteiger partial charge in [-0.2, -0.15) is 0 Å². The number of rotatable bonds is 9. The maximum atomic E-state index is 11.7. The number of hydrogen-bond donors (Lipinski definition) is 0. The molecule has 0 aliphatic carbocycles. The molecule has 0 atom stereocenters. The third kappa shape index (κ3) is 7.62. The zero-order valence-corrected chi connectivity index (χ0v) is 14.8. The first-order valence-electron chi connectivity index (χ1n) is 7.40. The summed E-state index contributed by atoms with van der Waals surface area (Å²) in [4.78, 5) is 17.1. The Kier molecular flexibility index (Phi) is 7.63. The van der Waals surface area contributed by atoms with E-state index < -0.39 is 7.14 Å². The smallest absolute Gasteiger partial charge is 0.242 e. The topological polar surface area (TPSA) is 55.8 Å². The van der Waals surface area contributed by atoms with Crippen LogP contribution in [0.5, 0.6) is 5.75 Å². The Morgan fingerprint density at radius 1 is 1.23 bits per heavy atom. The summed E-state index contributed by atoms with van der Waals surface area (Å²) in [7, 11) is -0.406. The van der Waals surface area contributed by atoms with Crippen LogP contribution in [0, 0.1) is 0 Å².